The number of methoxy groups -OCH3 is 2. The summed E-state index contributed by atoms with van der Waals surface area (Å²) < 4.78 is 63.1. The number of carbonyl (C=O) groups excluding carboxylic acids is 1. The molecule has 0 spiro atoms. The van der Waals surface area contributed by atoms with Gasteiger partial charge in [-0.3, -0.25) is 9.36 Å². The van der Waals surface area contributed by atoms with E-state index in [1.54, 1.807) is 69.5 Å². The van der Waals surface area contributed by atoms with E-state index in [0.29, 0.717) is 43.2 Å². The molecule has 1 aliphatic heterocycles. The molecule has 0 aliphatic carbocycles. The van der Waals surface area contributed by atoms with Crippen molar-refractivity contribution in [3.63, 3.8) is 0 Å². The van der Waals surface area contributed by atoms with E-state index in [2.05, 4.69) is 4.99 Å². The Hall–Kier alpha value is -4.84. The second-order valence-corrected chi connectivity index (χ2v) is 11.0. The van der Waals surface area contributed by atoms with E-state index in [4.69, 9.17) is 18.9 Å². The first-order valence-electron chi connectivity index (χ1n) is 13.8. The summed E-state index contributed by atoms with van der Waals surface area (Å²) in [7, 11) is 3.03. The fraction of sp³-hybridized carbons (Fsp3) is 0.242. The number of benzene rings is 3. The monoisotopic (exact) mass is 638 g/mol. The summed E-state index contributed by atoms with van der Waals surface area (Å²) in [6, 6.07) is 16.1. The van der Waals surface area contributed by atoms with Crippen molar-refractivity contribution in [1.29, 1.82) is 0 Å². The molecule has 0 amide bonds. The van der Waals surface area contributed by atoms with Crippen LogP contribution in [0.25, 0.3) is 6.08 Å². The summed E-state index contributed by atoms with van der Waals surface area (Å²) in [5.74, 6) is 0.581. The summed E-state index contributed by atoms with van der Waals surface area (Å²) in [6.45, 7) is 3.50. The molecule has 4 aromatic rings. The fourth-order valence-corrected chi connectivity index (χ4v) is 6.02. The molecule has 2 heterocycles. The van der Waals surface area contributed by atoms with Crippen LogP contribution < -0.4 is 29.1 Å². The number of rotatable bonds is 9. The first-order chi connectivity index (χ1) is 21.5. The zero-order valence-corrected chi connectivity index (χ0v) is 25.6. The summed E-state index contributed by atoms with van der Waals surface area (Å²) >= 11 is 1.17. The van der Waals surface area contributed by atoms with Crippen molar-refractivity contribution < 1.29 is 36.9 Å². The maximum absolute atomic E-state index is 13.9. The molecule has 0 saturated heterocycles. The van der Waals surface area contributed by atoms with Gasteiger partial charge in [-0.25, -0.2) is 9.79 Å². The summed E-state index contributed by atoms with van der Waals surface area (Å²) in [4.78, 5) is 32.0. The maximum Gasteiger partial charge on any atom is 0.416 e. The standard InChI is InChI=1S/C33H29F3N2O6S/c1-5-43-31(40)28-19(2)37-32-38(29(28)21-10-12-24(41-3)13-11-21)30(39)27(45-32)16-20-9-14-26(42-4)22(15-20)18-44-25-8-6-7-23(17-25)33(34,35)36/h6-17,29H,5,18H2,1-4H3. The highest BCUT2D eigenvalue weighted by Gasteiger charge is 2.33. The van der Waals surface area contributed by atoms with E-state index in [1.807, 2.05) is 0 Å². The van der Waals surface area contributed by atoms with Crippen molar-refractivity contribution in [3.8, 4) is 17.2 Å². The molecular weight excluding hydrogens is 609 g/mol. The lowest BCUT2D eigenvalue weighted by Gasteiger charge is -2.24. The van der Waals surface area contributed by atoms with E-state index in [0.717, 1.165) is 12.1 Å². The van der Waals surface area contributed by atoms with Crippen LogP contribution in [0.5, 0.6) is 17.2 Å². The molecule has 0 N–H and O–H groups in total. The molecule has 1 unspecified atom stereocenters. The Balaban J connectivity index is 1.54. The second-order valence-electron chi connectivity index (χ2n) is 9.96. The minimum atomic E-state index is -4.50. The van der Waals surface area contributed by atoms with Crippen LogP contribution in [0.2, 0.25) is 0 Å². The number of thiazole rings is 1. The molecule has 5 rings (SSSR count). The lowest BCUT2D eigenvalue weighted by Crippen LogP contribution is -2.39. The van der Waals surface area contributed by atoms with Gasteiger partial charge in [0.15, 0.2) is 4.80 Å². The van der Waals surface area contributed by atoms with Crippen molar-refractivity contribution in [3.05, 3.63) is 120 Å². The summed E-state index contributed by atoms with van der Waals surface area (Å²) in [5, 5.41) is 0. The van der Waals surface area contributed by atoms with Gasteiger partial charge in [0.05, 0.1) is 48.2 Å². The largest absolute Gasteiger partial charge is 0.497 e. The zero-order chi connectivity index (χ0) is 32.3. The summed E-state index contributed by atoms with van der Waals surface area (Å²) in [6.07, 6.45) is -2.81. The van der Waals surface area contributed by atoms with Crippen molar-refractivity contribution in [2.24, 2.45) is 4.99 Å². The van der Waals surface area contributed by atoms with Gasteiger partial charge in [-0.05, 0) is 73.5 Å². The van der Waals surface area contributed by atoms with Crippen molar-refractivity contribution in [2.45, 2.75) is 32.7 Å². The number of alkyl halides is 3. The topological polar surface area (TPSA) is 88.4 Å². The molecule has 0 saturated carbocycles. The second kappa shape index (κ2) is 13.0. The number of hydrogen-bond acceptors (Lipinski definition) is 8. The number of nitrogens with zero attached hydrogens (tertiary/aromatic N) is 2. The average Bonchev–Trinajstić information content (AvgIpc) is 3.32. The molecule has 12 heteroatoms. The molecule has 1 aliphatic rings. The minimum Gasteiger partial charge on any atom is -0.497 e. The molecule has 0 fully saturated rings. The van der Waals surface area contributed by atoms with Gasteiger partial charge in [0.1, 0.15) is 23.9 Å². The SMILES string of the molecule is CCOC(=O)C1=C(C)N=c2sc(=Cc3ccc(OC)c(COc4cccc(C(F)(F)F)c4)c3)c(=O)n2C1c1ccc(OC)cc1. The van der Waals surface area contributed by atoms with Crippen LogP contribution >= 0.6 is 11.3 Å². The highest BCUT2D eigenvalue weighted by atomic mass is 32.1. The maximum atomic E-state index is 13.9. The van der Waals surface area contributed by atoms with Crippen LogP contribution in [0.3, 0.4) is 0 Å². The highest BCUT2D eigenvalue weighted by Crippen LogP contribution is 2.33. The summed E-state index contributed by atoms with van der Waals surface area (Å²) in [5.41, 5.74) is 1.41. The Kier molecular flexibility index (Phi) is 9.14. The van der Waals surface area contributed by atoms with Crippen LogP contribution in [0.15, 0.2) is 87.8 Å². The molecular formula is C33H29F3N2O6S. The average molecular weight is 639 g/mol. The molecule has 234 valence electrons. The van der Waals surface area contributed by atoms with E-state index in [-0.39, 0.29) is 30.1 Å². The smallest absolute Gasteiger partial charge is 0.416 e. The lowest BCUT2D eigenvalue weighted by molar-refractivity contribution is -0.139. The van der Waals surface area contributed by atoms with Crippen LogP contribution in [0.4, 0.5) is 13.2 Å². The van der Waals surface area contributed by atoms with Gasteiger partial charge in [-0.2, -0.15) is 13.2 Å². The molecule has 0 bridgehead atoms. The molecule has 0 radical (unpaired) electrons. The van der Waals surface area contributed by atoms with Crippen molar-refractivity contribution >= 4 is 23.4 Å². The molecule has 3 aromatic carbocycles. The van der Waals surface area contributed by atoms with Gasteiger partial charge in [0, 0.05) is 5.56 Å². The number of ether oxygens (including phenoxy) is 4. The van der Waals surface area contributed by atoms with Crippen LogP contribution in [0, 0.1) is 0 Å². The van der Waals surface area contributed by atoms with Gasteiger partial charge in [0.25, 0.3) is 5.56 Å². The number of allylic oxidation sites excluding steroid dienone is 1. The molecule has 1 aromatic heterocycles. The Labute approximate surface area is 260 Å². The zero-order valence-electron chi connectivity index (χ0n) is 24.8. The first-order valence-corrected chi connectivity index (χ1v) is 14.7. The fourth-order valence-electron chi connectivity index (χ4n) is 4.97. The van der Waals surface area contributed by atoms with E-state index in [9.17, 15) is 22.8 Å². The lowest BCUT2D eigenvalue weighted by atomic mass is 9.96. The normalized spacial score (nSPS) is 14.9. The number of aromatic nitrogens is 1. The van der Waals surface area contributed by atoms with Gasteiger partial charge in [0.2, 0.25) is 0 Å². The van der Waals surface area contributed by atoms with Crippen LogP contribution in [0.1, 0.15) is 42.1 Å². The van der Waals surface area contributed by atoms with Gasteiger partial charge < -0.3 is 18.9 Å². The molecule has 8 nitrogen and oxygen atoms in total. The quantitative estimate of drug-likeness (QED) is 0.228. The van der Waals surface area contributed by atoms with Crippen molar-refractivity contribution in [1.82, 2.24) is 4.57 Å². The molecule has 45 heavy (non-hydrogen) atoms. The highest BCUT2D eigenvalue weighted by molar-refractivity contribution is 7.07. The third-order valence-corrected chi connectivity index (χ3v) is 8.09. The van der Waals surface area contributed by atoms with Crippen LogP contribution in [-0.4, -0.2) is 31.4 Å². The third kappa shape index (κ3) is 6.65. The van der Waals surface area contributed by atoms with E-state index in [1.165, 1.54) is 35.1 Å². The van der Waals surface area contributed by atoms with Gasteiger partial charge in [-0.15, -0.1) is 0 Å². The Morgan fingerprint density at radius 1 is 1.02 bits per heavy atom. The Morgan fingerprint density at radius 2 is 1.78 bits per heavy atom. The van der Waals surface area contributed by atoms with Gasteiger partial charge >= 0.3 is 12.1 Å². The number of carbonyl (C=O) groups is 1. The number of hydrogen-bond donors (Lipinski definition) is 0. The van der Waals surface area contributed by atoms with Crippen LogP contribution in [-0.2, 0) is 22.3 Å². The van der Waals surface area contributed by atoms with Gasteiger partial charge in [-0.1, -0.05) is 35.6 Å². The predicted molar refractivity (Wildman–Crippen MR) is 162 cm³/mol. The predicted octanol–water partition coefficient (Wildman–Crippen LogP) is 5.41. The van der Waals surface area contributed by atoms with E-state index < -0.39 is 23.8 Å². The number of fused-ring (bicyclic) bond motifs is 1. The first kappa shape index (κ1) is 31.6. The molecule has 1 atom stereocenters. The minimum absolute atomic E-state index is 0.0527. The Morgan fingerprint density at radius 3 is 2.44 bits per heavy atom. The third-order valence-electron chi connectivity index (χ3n) is 7.11. The van der Waals surface area contributed by atoms with E-state index >= 15 is 0 Å². The Bertz CT molecular complexity index is 1940. The number of halogens is 3. The number of esters is 1. The van der Waals surface area contributed by atoms with Crippen molar-refractivity contribution in [2.75, 3.05) is 20.8 Å².